The normalized spacial score (nSPS) is 11.2. The molecule has 0 amide bonds. The second kappa shape index (κ2) is 16.8. The predicted octanol–water partition coefficient (Wildman–Crippen LogP) is 16.4. The third kappa shape index (κ3) is 7.09. The number of nitriles is 1. The molecule has 68 heavy (non-hydrogen) atoms. The molecule has 5 heteroatoms. The van der Waals surface area contributed by atoms with Crippen LogP contribution in [0.3, 0.4) is 0 Å². The van der Waals surface area contributed by atoms with Crippen LogP contribution in [-0.2, 0) is 0 Å². The fourth-order valence-electron chi connectivity index (χ4n) is 9.67. The Hall–Kier alpha value is -9.55. The molecule has 1 heterocycles. The van der Waals surface area contributed by atoms with E-state index in [-0.39, 0.29) is 0 Å². The predicted molar refractivity (Wildman–Crippen MR) is 276 cm³/mol. The van der Waals surface area contributed by atoms with Crippen molar-refractivity contribution in [3.63, 3.8) is 0 Å². The molecule has 1 aromatic heterocycles. The molecule has 0 saturated heterocycles. The number of rotatable bonds is 8. The van der Waals surface area contributed by atoms with Gasteiger partial charge in [-0.05, 0) is 125 Å². The fourth-order valence-corrected chi connectivity index (χ4v) is 9.67. The Balaban J connectivity index is 0.901. The van der Waals surface area contributed by atoms with E-state index in [4.69, 9.17) is 21.5 Å². The van der Waals surface area contributed by atoms with E-state index in [9.17, 15) is 5.26 Å². The highest BCUT2D eigenvalue weighted by atomic mass is 15.0. The van der Waals surface area contributed by atoms with E-state index < -0.39 is 0 Å². The van der Waals surface area contributed by atoms with Crippen LogP contribution in [0.2, 0.25) is 0 Å². The molecule has 0 atom stereocenters. The maximum absolute atomic E-state index is 9.34. The Labute approximate surface area is 394 Å². The van der Waals surface area contributed by atoms with E-state index in [2.05, 4.69) is 144 Å². The molecule has 0 unspecified atom stereocenters. The summed E-state index contributed by atoms with van der Waals surface area (Å²) in [5, 5.41) is 11.9. The van der Waals surface area contributed by atoms with Crippen LogP contribution < -0.4 is 0 Å². The van der Waals surface area contributed by atoms with E-state index in [0.29, 0.717) is 28.7 Å². The number of para-hydroxylation sites is 1. The number of hydrogen-bond acceptors (Lipinski definition) is 4. The second-order valence-corrected chi connectivity index (χ2v) is 16.9. The van der Waals surface area contributed by atoms with Crippen molar-refractivity contribution < 1.29 is 0 Å². The first-order valence-corrected chi connectivity index (χ1v) is 22.5. The Morgan fingerprint density at radius 3 is 1.40 bits per heavy atom. The van der Waals surface area contributed by atoms with Gasteiger partial charge in [-0.1, -0.05) is 188 Å². The Kier molecular flexibility index (Phi) is 9.87. The zero-order valence-corrected chi connectivity index (χ0v) is 36.6. The van der Waals surface area contributed by atoms with Gasteiger partial charge in [-0.3, -0.25) is 0 Å². The van der Waals surface area contributed by atoms with Crippen LogP contribution in [0.25, 0.3) is 128 Å². The standard InChI is InChI=1S/C63H37N5/c1-65-60-53(26-12-27-54(60)49-21-10-19-47(38-49)52-34-33-42-15-11-28-56-55-24-5-6-25-57(55)59(52)58(42)56)48-20-7-17-45(35-48)46-18-9-23-51(37-46)63-67-61(43-13-3-2-4-14-43)66-62(68-63)50-22-8-16-44(36-50)41-31-29-40(39-64)30-32-41/h2-38H. The molecule has 12 rings (SSSR count). The first kappa shape index (κ1) is 40.0. The molecule has 0 radical (unpaired) electrons. The van der Waals surface area contributed by atoms with E-state index in [1.165, 1.54) is 38.6 Å². The summed E-state index contributed by atoms with van der Waals surface area (Å²) in [5.74, 6) is 1.70. The van der Waals surface area contributed by atoms with Gasteiger partial charge in [0.25, 0.3) is 0 Å². The average molecular weight is 864 g/mol. The van der Waals surface area contributed by atoms with Gasteiger partial charge in [0.15, 0.2) is 17.5 Å². The van der Waals surface area contributed by atoms with E-state index in [1.807, 2.05) is 91.0 Å². The van der Waals surface area contributed by atoms with Gasteiger partial charge >= 0.3 is 0 Å². The van der Waals surface area contributed by atoms with Crippen LogP contribution in [0.1, 0.15) is 5.56 Å². The van der Waals surface area contributed by atoms with Gasteiger partial charge in [0.2, 0.25) is 5.69 Å². The molecule has 0 N–H and O–H groups in total. The highest BCUT2D eigenvalue weighted by Crippen LogP contribution is 2.51. The Bertz CT molecular complexity index is 3880. The highest BCUT2D eigenvalue weighted by molar-refractivity contribution is 6.19. The first-order chi connectivity index (χ1) is 33.6. The lowest BCUT2D eigenvalue weighted by Gasteiger charge is -2.14. The molecule has 1 aliphatic rings. The van der Waals surface area contributed by atoms with E-state index >= 15 is 0 Å². The SMILES string of the molecule is [C-]#[N+]c1c(-c2cccc(-c3cccc(-c4nc(-c5ccccc5)nc(-c5cccc(-c6ccc(C#N)cc6)c5)n4)c3)c2)cccc1-c1cccc(-c2ccc3cccc4c3c2-c2ccccc2-4)c1. The number of nitrogens with zero attached hydrogens (tertiary/aromatic N) is 5. The third-order valence-electron chi connectivity index (χ3n) is 12.9. The number of hydrogen-bond donors (Lipinski definition) is 0. The first-order valence-electron chi connectivity index (χ1n) is 22.5. The van der Waals surface area contributed by atoms with Crippen molar-refractivity contribution in [1.82, 2.24) is 15.0 Å². The summed E-state index contributed by atoms with van der Waals surface area (Å²) in [6.45, 7) is 8.55. The zero-order valence-electron chi connectivity index (χ0n) is 36.6. The van der Waals surface area contributed by atoms with Crippen LogP contribution in [0.4, 0.5) is 5.69 Å². The van der Waals surface area contributed by atoms with Gasteiger partial charge in [0.05, 0.1) is 18.2 Å². The monoisotopic (exact) mass is 863 g/mol. The largest absolute Gasteiger partial charge is 0.237 e. The minimum atomic E-state index is 0.558. The van der Waals surface area contributed by atoms with Gasteiger partial charge in [0, 0.05) is 16.7 Å². The van der Waals surface area contributed by atoms with Crippen LogP contribution in [0.15, 0.2) is 224 Å². The summed E-state index contributed by atoms with van der Waals surface area (Å²) in [7, 11) is 0. The number of fused-ring (bicyclic) bond motifs is 3. The molecule has 0 fully saturated rings. The summed E-state index contributed by atoms with van der Waals surface area (Å²) in [4.78, 5) is 19.3. The topological polar surface area (TPSA) is 66.8 Å². The van der Waals surface area contributed by atoms with E-state index in [0.717, 1.165) is 66.8 Å². The van der Waals surface area contributed by atoms with Crippen LogP contribution >= 0.6 is 0 Å². The van der Waals surface area contributed by atoms with E-state index in [1.54, 1.807) is 0 Å². The molecule has 10 aromatic carbocycles. The molecule has 0 bridgehead atoms. The number of aromatic nitrogens is 3. The zero-order chi connectivity index (χ0) is 45.6. The van der Waals surface area contributed by atoms with Crippen molar-refractivity contribution >= 4 is 16.5 Å². The fraction of sp³-hybridized carbons (Fsp3) is 0. The van der Waals surface area contributed by atoms with Crippen molar-refractivity contribution in [2.24, 2.45) is 0 Å². The molecule has 314 valence electrons. The Morgan fingerprint density at radius 2 is 0.779 bits per heavy atom. The smallest absolute Gasteiger partial charge is 0.202 e. The summed E-state index contributed by atoms with van der Waals surface area (Å²) < 4.78 is 0. The molecule has 1 aliphatic carbocycles. The minimum Gasteiger partial charge on any atom is -0.237 e. The maximum atomic E-state index is 9.34. The summed E-state index contributed by atoms with van der Waals surface area (Å²) >= 11 is 0. The van der Waals surface area contributed by atoms with Crippen molar-refractivity contribution in [1.29, 1.82) is 5.26 Å². The maximum Gasteiger partial charge on any atom is 0.202 e. The third-order valence-corrected chi connectivity index (χ3v) is 12.9. The summed E-state index contributed by atoms with van der Waals surface area (Å²) in [6, 6.07) is 79.1. The van der Waals surface area contributed by atoms with Crippen molar-refractivity contribution in [3.05, 3.63) is 241 Å². The van der Waals surface area contributed by atoms with Crippen molar-refractivity contribution in [2.75, 3.05) is 0 Å². The minimum absolute atomic E-state index is 0.558. The molecular formula is C63H37N5. The lowest BCUT2D eigenvalue weighted by atomic mass is 9.90. The van der Waals surface area contributed by atoms with Gasteiger partial charge in [-0.25, -0.2) is 19.8 Å². The van der Waals surface area contributed by atoms with Gasteiger partial charge in [-0.15, -0.1) is 0 Å². The van der Waals surface area contributed by atoms with Gasteiger partial charge in [0.1, 0.15) is 0 Å². The highest BCUT2D eigenvalue weighted by Gasteiger charge is 2.24. The second-order valence-electron chi connectivity index (χ2n) is 16.9. The van der Waals surface area contributed by atoms with Crippen LogP contribution in [-0.4, -0.2) is 15.0 Å². The molecule has 11 aromatic rings. The summed E-state index contributed by atoms with van der Waals surface area (Å²) in [5.41, 5.74) is 18.9. The van der Waals surface area contributed by atoms with Crippen molar-refractivity contribution in [3.8, 4) is 118 Å². The molecule has 5 nitrogen and oxygen atoms in total. The molecule has 0 aliphatic heterocycles. The van der Waals surface area contributed by atoms with Crippen LogP contribution in [0, 0.1) is 17.9 Å². The van der Waals surface area contributed by atoms with Gasteiger partial charge < -0.3 is 0 Å². The van der Waals surface area contributed by atoms with Crippen molar-refractivity contribution in [2.45, 2.75) is 0 Å². The Morgan fingerprint density at radius 1 is 0.338 bits per heavy atom. The molecular weight excluding hydrogens is 827 g/mol. The molecule has 0 spiro atoms. The lowest BCUT2D eigenvalue weighted by Crippen LogP contribution is -2.00. The quantitative estimate of drug-likeness (QED) is 0.143. The number of benzene rings is 10. The summed E-state index contributed by atoms with van der Waals surface area (Å²) in [6.07, 6.45) is 0. The average Bonchev–Trinajstić information content (AvgIpc) is 3.76. The lowest BCUT2D eigenvalue weighted by molar-refractivity contribution is 1.07. The van der Waals surface area contributed by atoms with Crippen LogP contribution in [0.5, 0.6) is 0 Å². The molecule has 0 saturated carbocycles. The van der Waals surface area contributed by atoms with Gasteiger partial charge in [-0.2, -0.15) is 5.26 Å².